The van der Waals surface area contributed by atoms with Crippen LogP contribution in [0.1, 0.15) is 39.2 Å². The van der Waals surface area contributed by atoms with Crippen LogP contribution >= 0.6 is 23.1 Å². The van der Waals surface area contributed by atoms with Crippen molar-refractivity contribution in [2.45, 2.75) is 56.3 Å². The monoisotopic (exact) mass is 470 g/mol. The average molecular weight is 471 g/mol. The number of thiazole rings is 1. The van der Waals surface area contributed by atoms with E-state index < -0.39 is 0 Å². The molecule has 1 fully saturated rings. The van der Waals surface area contributed by atoms with Gasteiger partial charge in [0.05, 0.1) is 30.4 Å². The molecule has 5 nitrogen and oxygen atoms in total. The summed E-state index contributed by atoms with van der Waals surface area (Å²) in [6.45, 7) is 8.19. The van der Waals surface area contributed by atoms with Crippen LogP contribution in [0.2, 0.25) is 0 Å². The molecular formula is C25H30N2O3S2. The van der Waals surface area contributed by atoms with E-state index in [1.54, 1.807) is 0 Å². The lowest BCUT2D eigenvalue weighted by molar-refractivity contribution is -0.118. The van der Waals surface area contributed by atoms with Crippen molar-refractivity contribution in [3.05, 3.63) is 48.0 Å². The number of thioether (sulfide) groups is 1. The van der Waals surface area contributed by atoms with Gasteiger partial charge in [0.1, 0.15) is 11.3 Å². The summed E-state index contributed by atoms with van der Waals surface area (Å²) < 4.78 is 12.6. The molecule has 32 heavy (non-hydrogen) atoms. The van der Waals surface area contributed by atoms with Crippen LogP contribution in [0.3, 0.4) is 0 Å². The van der Waals surface area contributed by atoms with Crippen LogP contribution in [-0.4, -0.2) is 42.0 Å². The molecule has 2 heterocycles. The van der Waals surface area contributed by atoms with E-state index in [9.17, 15) is 4.79 Å². The third-order valence-electron chi connectivity index (χ3n) is 5.26. The van der Waals surface area contributed by atoms with Gasteiger partial charge in [0.15, 0.2) is 5.13 Å². The van der Waals surface area contributed by atoms with Crippen LogP contribution in [0, 0.1) is 0 Å². The van der Waals surface area contributed by atoms with Crippen LogP contribution in [0.5, 0.6) is 5.75 Å². The first-order chi connectivity index (χ1) is 15.5. The molecule has 1 amide bonds. The van der Waals surface area contributed by atoms with Crippen molar-refractivity contribution in [1.29, 1.82) is 0 Å². The number of para-hydroxylation sites is 1. The van der Waals surface area contributed by atoms with Gasteiger partial charge in [-0.1, -0.05) is 43.4 Å². The van der Waals surface area contributed by atoms with E-state index in [-0.39, 0.29) is 12.0 Å². The fraction of sp³-hybridized carbons (Fsp3) is 0.440. The van der Waals surface area contributed by atoms with Crippen LogP contribution in [0.25, 0.3) is 10.2 Å². The predicted octanol–water partition coefficient (Wildman–Crippen LogP) is 5.95. The first-order valence-electron chi connectivity index (χ1n) is 11.2. The number of carbonyl (C=O) groups is 1. The summed E-state index contributed by atoms with van der Waals surface area (Å²) in [6.07, 6.45) is 2.41. The fourth-order valence-electron chi connectivity index (χ4n) is 3.81. The van der Waals surface area contributed by atoms with Crippen molar-refractivity contribution in [2.75, 3.05) is 24.7 Å². The van der Waals surface area contributed by atoms with Crippen LogP contribution in [0.15, 0.2) is 47.4 Å². The minimum atomic E-state index is 0.0433. The molecule has 1 unspecified atom stereocenters. The Labute approximate surface area is 198 Å². The van der Waals surface area contributed by atoms with Gasteiger partial charge >= 0.3 is 0 Å². The maximum atomic E-state index is 13.5. The number of ether oxygens (including phenoxy) is 2. The quantitative estimate of drug-likeness (QED) is 0.362. The van der Waals surface area contributed by atoms with E-state index >= 15 is 0 Å². The second-order valence-corrected chi connectivity index (χ2v) is 10.8. The molecule has 170 valence electrons. The molecule has 2 aromatic carbocycles. The third kappa shape index (κ3) is 5.63. The molecule has 4 rings (SSSR count). The molecule has 0 saturated carbocycles. The summed E-state index contributed by atoms with van der Waals surface area (Å²) in [7, 11) is 0. The zero-order valence-corrected chi connectivity index (χ0v) is 20.5. The smallest absolute Gasteiger partial charge is 0.233 e. The average Bonchev–Trinajstić information content (AvgIpc) is 3.43. The number of hydrogen-bond acceptors (Lipinski definition) is 6. The van der Waals surface area contributed by atoms with E-state index in [1.807, 2.05) is 41.8 Å². The Morgan fingerprint density at radius 3 is 2.78 bits per heavy atom. The summed E-state index contributed by atoms with van der Waals surface area (Å²) in [5.74, 6) is 0.803. The SMILES string of the molecule is CCOc1cccc2sc(N(CC3CCCO3)C(=O)Cc3ccc(SC(C)C)cc3)nc12. The minimum absolute atomic E-state index is 0.0433. The van der Waals surface area contributed by atoms with Crippen molar-refractivity contribution in [1.82, 2.24) is 4.98 Å². The van der Waals surface area contributed by atoms with Gasteiger partial charge in [0, 0.05) is 16.8 Å². The number of aromatic nitrogens is 1. The standard InChI is InChI=1S/C25H30N2O3S2/c1-4-29-21-8-5-9-22-24(21)26-25(32-22)27(16-19-7-6-14-30-19)23(28)15-18-10-12-20(13-11-18)31-17(2)3/h5,8-13,17,19H,4,6-7,14-16H2,1-3H3. The topological polar surface area (TPSA) is 51.7 Å². The Hall–Kier alpha value is -2.09. The maximum absolute atomic E-state index is 13.5. The summed E-state index contributed by atoms with van der Waals surface area (Å²) in [6, 6.07) is 14.2. The summed E-state index contributed by atoms with van der Waals surface area (Å²) in [4.78, 5) is 21.3. The van der Waals surface area contributed by atoms with Gasteiger partial charge in [0.2, 0.25) is 5.91 Å². The Bertz CT molecular complexity index is 1040. The van der Waals surface area contributed by atoms with E-state index in [0.29, 0.717) is 30.0 Å². The number of rotatable bonds is 9. The van der Waals surface area contributed by atoms with E-state index in [2.05, 4.69) is 38.1 Å². The molecule has 1 aliphatic rings. The second-order valence-electron chi connectivity index (χ2n) is 8.16. The lowest BCUT2D eigenvalue weighted by atomic mass is 10.1. The molecule has 7 heteroatoms. The summed E-state index contributed by atoms with van der Waals surface area (Å²) >= 11 is 3.36. The molecule has 1 aliphatic heterocycles. The van der Waals surface area contributed by atoms with Crippen LogP contribution < -0.4 is 9.64 Å². The Morgan fingerprint density at radius 1 is 1.28 bits per heavy atom. The number of carbonyl (C=O) groups excluding carboxylic acids is 1. The first-order valence-corrected chi connectivity index (χ1v) is 12.9. The fourth-order valence-corrected chi connectivity index (χ4v) is 5.65. The molecule has 0 bridgehead atoms. The number of amides is 1. The normalized spacial score (nSPS) is 16.1. The Morgan fingerprint density at radius 2 is 2.09 bits per heavy atom. The largest absolute Gasteiger partial charge is 0.492 e. The van der Waals surface area contributed by atoms with Crippen molar-refractivity contribution >= 4 is 44.4 Å². The van der Waals surface area contributed by atoms with E-state index in [0.717, 1.165) is 41.0 Å². The minimum Gasteiger partial charge on any atom is -0.492 e. The molecule has 0 N–H and O–H groups in total. The molecule has 1 aromatic heterocycles. The van der Waals surface area contributed by atoms with Crippen LogP contribution in [0.4, 0.5) is 5.13 Å². The van der Waals surface area contributed by atoms with Crippen LogP contribution in [-0.2, 0) is 16.0 Å². The van der Waals surface area contributed by atoms with Gasteiger partial charge in [-0.05, 0) is 49.6 Å². The highest BCUT2D eigenvalue weighted by molar-refractivity contribution is 7.99. The molecule has 1 saturated heterocycles. The highest BCUT2D eigenvalue weighted by atomic mass is 32.2. The lowest BCUT2D eigenvalue weighted by Gasteiger charge is -2.23. The summed E-state index contributed by atoms with van der Waals surface area (Å²) in [5, 5.41) is 1.24. The first kappa shape index (κ1) is 23.1. The Balaban J connectivity index is 1.58. The van der Waals surface area contributed by atoms with Gasteiger partial charge in [0.25, 0.3) is 0 Å². The van der Waals surface area contributed by atoms with E-state index in [1.165, 1.54) is 16.2 Å². The van der Waals surface area contributed by atoms with Gasteiger partial charge in [-0.15, -0.1) is 11.8 Å². The van der Waals surface area contributed by atoms with E-state index in [4.69, 9.17) is 14.5 Å². The molecular weight excluding hydrogens is 440 g/mol. The number of fused-ring (bicyclic) bond motifs is 1. The lowest BCUT2D eigenvalue weighted by Crippen LogP contribution is -2.38. The van der Waals surface area contributed by atoms with Gasteiger partial charge < -0.3 is 9.47 Å². The second kappa shape index (κ2) is 10.7. The van der Waals surface area contributed by atoms with Gasteiger partial charge in [-0.2, -0.15) is 0 Å². The van der Waals surface area contributed by atoms with Crippen molar-refractivity contribution in [3.63, 3.8) is 0 Å². The number of benzene rings is 2. The predicted molar refractivity (Wildman–Crippen MR) is 133 cm³/mol. The van der Waals surface area contributed by atoms with Crippen molar-refractivity contribution in [3.8, 4) is 5.75 Å². The molecule has 3 aromatic rings. The van der Waals surface area contributed by atoms with Crippen molar-refractivity contribution < 1.29 is 14.3 Å². The molecule has 1 atom stereocenters. The third-order valence-corrected chi connectivity index (χ3v) is 7.32. The molecule has 0 aliphatic carbocycles. The van der Waals surface area contributed by atoms with Crippen molar-refractivity contribution in [2.24, 2.45) is 0 Å². The zero-order chi connectivity index (χ0) is 22.5. The number of nitrogens with zero attached hydrogens (tertiary/aromatic N) is 2. The summed E-state index contributed by atoms with van der Waals surface area (Å²) in [5.41, 5.74) is 1.83. The number of hydrogen-bond donors (Lipinski definition) is 0. The highest BCUT2D eigenvalue weighted by Crippen LogP contribution is 2.35. The molecule has 0 radical (unpaired) electrons. The van der Waals surface area contributed by atoms with Gasteiger partial charge in [-0.3, -0.25) is 9.69 Å². The number of anilines is 1. The zero-order valence-electron chi connectivity index (χ0n) is 18.9. The highest BCUT2D eigenvalue weighted by Gasteiger charge is 2.26. The van der Waals surface area contributed by atoms with Gasteiger partial charge in [-0.25, -0.2) is 4.98 Å². The Kier molecular flexibility index (Phi) is 7.71. The maximum Gasteiger partial charge on any atom is 0.233 e. The molecule has 0 spiro atoms.